The van der Waals surface area contributed by atoms with E-state index in [1.807, 2.05) is 0 Å². The minimum Gasteiger partial charge on any atom is -0.462 e. The number of halogens is 6. The molecular weight excluding hydrogens is 388 g/mol. The van der Waals surface area contributed by atoms with E-state index in [-0.39, 0.29) is 10.3 Å². The summed E-state index contributed by atoms with van der Waals surface area (Å²) >= 11 is 1.37. The molecule has 0 aliphatic carbocycles. The summed E-state index contributed by atoms with van der Waals surface area (Å²) in [4.78, 5) is 14.7. The van der Waals surface area contributed by atoms with E-state index in [1.165, 1.54) is 29.5 Å². The van der Waals surface area contributed by atoms with Gasteiger partial charge in [0.2, 0.25) is 0 Å². The van der Waals surface area contributed by atoms with Gasteiger partial charge in [-0.3, -0.25) is 0 Å². The molecule has 0 saturated carbocycles. The molecule has 1 aromatic rings. The maximum absolute atomic E-state index is 12.8. The molecule has 0 aliphatic heterocycles. The minimum absolute atomic E-state index is 0.231. The standard InChI is InChI=1S/C10H7F5INO2/c1-2-19-9(18)6-4(10(13,14)15)3-5(16)17-7(6)8(11)12/h3,8H,2H2,1H3. The lowest BCUT2D eigenvalue weighted by Crippen LogP contribution is -2.19. The highest BCUT2D eigenvalue weighted by Crippen LogP contribution is 2.36. The Hall–Kier alpha value is -1.00. The van der Waals surface area contributed by atoms with E-state index >= 15 is 0 Å². The number of hydrogen-bond donors (Lipinski definition) is 0. The molecule has 1 aromatic heterocycles. The van der Waals surface area contributed by atoms with Crippen molar-refractivity contribution in [2.24, 2.45) is 0 Å². The summed E-state index contributed by atoms with van der Waals surface area (Å²) in [6, 6.07) is 0.526. The van der Waals surface area contributed by atoms with Crippen LogP contribution in [0.3, 0.4) is 0 Å². The molecule has 1 rings (SSSR count). The van der Waals surface area contributed by atoms with Crippen molar-refractivity contribution < 1.29 is 31.5 Å². The average molecular weight is 395 g/mol. The molecule has 0 aliphatic rings. The van der Waals surface area contributed by atoms with Gasteiger partial charge in [-0.2, -0.15) is 13.2 Å². The van der Waals surface area contributed by atoms with E-state index < -0.39 is 35.4 Å². The van der Waals surface area contributed by atoms with Gasteiger partial charge in [0.1, 0.15) is 9.39 Å². The summed E-state index contributed by atoms with van der Waals surface area (Å²) in [6.07, 6.45) is -8.26. The minimum atomic E-state index is -4.95. The lowest BCUT2D eigenvalue weighted by atomic mass is 10.1. The second kappa shape index (κ2) is 5.97. The van der Waals surface area contributed by atoms with Crippen LogP contribution in [0.25, 0.3) is 0 Å². The zero-order chi connectivity index (χ0) is 14.8. The van der Waals surface area contributed by atoms with Crippen molar-refractivity contribution in [2.75, 3.05) is 6.61 Å². The molecule has 0 radical (unpaired) electrons. The maximum Gasteiger partial charge on any atom is 0.417 e. The highest BCUT2D eigenvalue weighted by molar-refractivity contribution is 14.1. The number of nitrogens with zero attached hydrogens (tertiary/aromatic N) is 1. The van der Waals surface area contributed by atoms with Gasteiger partial charge in [0.25, 0.3) is 6.43 Å². The maximum atomic E-state index is 12.8. The van der Waals surface area contributed by atoms with E-state index in [4.69, 9.17) is 0 Å². The molecule has 9 heteroatoms. The topological polar surface area (TPSA) is 39.2 Å². The zero-order valence-electron chi connectivity index (χ0n) is 9.39. The van der Waals surface area contributed by atoms with E-state index in [0.29, 0.717) is 6.07 Å². The van der Waals surface area contributed by atoms with Crippen LogP contribution in [0.5, 0.6) is 0 Å². The Morgan fingerprint density at radius 2 is 2.05 bits per heavy atom. The van der Waals surface area contributed by atoms with Crippen molar-refractivity contribution in [3.63, 3.8) is 0 Å². The van der Waals surface area contributed by atoms with Gasteiger partial charge < -0.3 is 4.74 Å². The fourth-order valence-corrected chi connectivity index (χ4v) is 1.90. The monoisotopic (exact) mass is 395 g/mol. The molecule has 0 aromatic carbocycles. The van der Waals surface area contributed by atoms with Crippen LogP contribution in [-0.2, 0) is 10.9 Å². The molecule has 0 amide bonds. The molecule has 0 atom stereocenters. The van der Waals surface area contributed by atoms with Crippen molar-refractivity contribution in [2.45, 2.75) is 19.5 Å². The highest BCUT2D eigenvalue weighted by atomic mass is 127. The Labute approximate surface area is 118 Å². The third kappa shape index (κ3) is 3.74. The Morgan fingerprint density at radius 3 is 2.47 bits per heavy atom. The second-order valence-corrected chi connectivity index (χ2v) is 4.38. The van der Waals surface area contributed by atoms with Crippen LogP contribution in [-0.4, -0.2) is 17.6 Å². The molecule has 0 unspecified atom stereocenters. The summed E-state index contributed by atoms with van der Waals surface area (Å²) in [6.45, 7) is 1.12. The quantitative estimate of drug-likeness (QED) is 0.338. The van der Waals surface area contributed by atoms with Crippen molar-refractivity contribution in [3.05, 3.63) is 26.6 Å². The molecule has 3 nitrogen and oxygen atoms in total. The average Bonchev–Trinajstić information content (AvgIpc) is 2.26. The first-order valence-electron chi connectivity index (χ1n) is 4.91. The van der Waals surface area contributed by atoms with Gasteiger partial charge in [0.05, 0.1) is 17.7 Å². The number of ether oxygens (including phenoxy) is 1. The van der Waals surface area contributed by atoms with Crippen LogP contribution in [0.2, 0.25) is 0 Å². The first kappa shape index (κ1) is 16.1. The number of carbonyl (C=O) groups excluding carboxylic acids is 1. The lowest BCUT2D eigenvalue weighted by Gasteiger charge is -2.15. The number of esters is 1. The smallest absolute Gasteiger partial charge is 0.417 e. The van der Waals surface area contributed by atoms with E-state index in [2.05, 4.69) is 9.72 Å². The van der Waals surface area contributed by atoms with Gasteiger partial charge in [0.15, 0.2) is 0 Å². The molecule has 106 valence electrons. The molecule has 0 spiro atoms. The summed E-state index contributed by atoms with van der Waals surface area (Å²) < 4.78 is 67.9. The van der Waals surface area contributed by atoms with Crippen molar-refractivity contribution in [3.8, 4) is 0 Å². The zero-order valence-corrected chi connectivity index (χ0v) is 11.6. The molecule has 1 heterocycles. The van der Waals surface area contributed by atoms with Gasteiger partial charge in [-0.15, -0.1) is 0 Å². The summed E-state index contributed by atoms with van der Waals surface area (Å²) in [5, 5.41) is 0. The van der Waals surface area contributed by atoms with Crippen LogP contribution >= 0.6 is 22.6 Å². The van der Waals surface area contributed by atoms with Gasteiger partial charge in [0, 0.05) is 0 Å². The van der Waals surface area contributed by atoms with Crippen LogP contribution in [0, 0.1) is 3.70 Å². The van der Waals surface area contributed by atoms with E-state index in [0.717, 1.165) is 0 Å². The fourth-order valence-electron chi connectivity index (χ4n) is 1.33. The Morgan fingerprint density at radius 1 is 1.47 bits per heavy atom. The number of hydrogen-bond acceptors (Lipinski definition) is 3. The van der Waals surface area contributed by atoms with Crippen LogP contribution in [0.4, 0.5) is 22.0 Å². The summed E-state index contributed by atoms with van der Waals surface area (Å²) in [5.41, 5.74) is -3.93. The van der Waals surface area contributed by atoms with E-state index in [9.17, 15) is 26.7 Å². The SMILES string of the molecule is CCOC(=O)c1c(C(F)(F)F)cc(I)nc1C(F)F. The van der Waals surface area contributed by atoms with Gasteiger partial charge >= 0.3 is 12.1 Å². The molecule has 19 heavy (non-hydrogen) atoms. The summed E-state index contributed by atoms with van der Waals surface area (Å²) in [7, 11) is 0. The number of carbonyl (C=O) groups is 1. The summed E-state index contributed by atoms with van der Waals surface area (Å²) in [5.74, 6) is -1.46. The van der Waals surface area contributed by atoms with Crippen molar-refractivity contribution in [1.82, 2.24) is 4.98 Å². The van der Waals surface area contributed by atoms with E-state index in [1.54, 1.807) is 0 Å². The molecule has 0 fully saturated rings. The first-order chi connectivity index (χ1) is 8.68. The first-order valence-corrected chi connectivity index (χ1v) is 5.99. The van der Waals surface area contributed by atoms with Gasteiger partial charge in [-0.05, 0) is 35.6 Å². The van der Waals surface area contributed by atoms with Crippen molar-refractivity contribution >= 4 is 28.6 Å². The Kier molecular flexibility index (Phi) is 5.04. The largest absolute Gasteiger partial charge is 0.462 e. The number of pyridine rings is 1. The third-order valence-corrected chi connectivity index (χ3v) is 2.56. The van der Waals surface area contributed by atoms with Crippen LogP contribution in [0.15, 0.2) is 6.07 Å². The number of alkyl halides is 5. The van der Waals surface area contributed by atoms with Crippen molar-refractivity contribution in [1.29, 1.82) is 0 Å². The van der Waals surface area contributed by atoms with Gasteiger partial charge in [-0.25, -0.2) is 18.6 Å². The predicted molar refractivity (Wildman–Crippen MR) is 62.9 cm³/mol. The number of rotatable bonds is 3. The third-order valence-electron chi connectivity index (χ3n) is 2.01. The Bertz CT molecular complexity index is 490. The van der Waals surface area contributed by atoms with Crippen LogP contribution in [0.1, 0.15) is 35.0 Å². The highest BCUT2D eigenvalue weighted by Gasteiger charge is 2.39. The number of aromatic nitrogens is 1. The van der Waals surface area contributed by atoms with Crippen LogP contribution < -0.4 is 0 Å². The lowest BCUT2D eigenvalue weighted by molar-refractivity contribution is -0.138. The second-order valence-electron chi connectivity index (χ2n) is 3.27. The predicted octanol–water partition coefficient (Wildman–Crippen LogP) is 3.82. The Balaban J connectivity index is 3.57. The normalized spacial score (nSPS) is 11.8. The fraction of sp³-hybridized carbons (Fsp3) is 0.400. The molecular formula is C10H7F5INO2. The molecule has 0 bridgehead atoms. The molecule has 0 N–H and O–H groups in total. The van der Waals surface area contributed by atoms with Gasteiger partial charge in [-0.1, -0.05) is 0 Å². The molecule has 0 saturated heterocycles.